The first-order valence-electron chi connectivity index (χ1n) is 9.83. The number of anilines is 2. The Hall–Kier alpha value is -2.68. The van der Waals surface area contributed by atoms with E-state index >= 15 is 0 Å². The zero-order chi connectivity index (χ0) is 22.9. The number of hydrogen-bond donors (Lipinski definition) is 1. The van der Waals surface area contributed by atoms with Crippen LogP contribution in [0.4, 0.5) is 11.4 Å². The number of benzene rings is 3. The summed E-state index contributed by atoms with van der Waals surface area (Å²) in [7, 11) is -3.50. The van der Waals surface area contributed by atoms with Gasteiger partial charge in [0.25, 0.3) is 5.91 Å². The molecular formula is C24H21BrN2O3S2. The normalized spacial score (nSPS) is 11.5. The van der Waals surface area contributed by atoms with Crippen LogP contribution < -0.4 is 9.62 Å². The van der Waals surface area contributed by atoms with E-state index in [0.29, 0.717) is 16.3 Å². The van der Waals surface area contributed by atoms with Crippen LogP contribution in [0.15, 0.2) is 77.3 Å². The Kier molecular flexibility index (Phi) is 6.37. The number of sulfonamides is 1. The van der Waals surface area contributed by atoms with E-state index in [2.05, 4.69) is 21.2 Å². The summed E-state index contributed by atoms with van der Waals surface area (Å²) in [6, 6.07) is 22.4. The minimum atomic E-state index is -3.50. The molecule has 1 N–H and O–H groups in total. The quantitative estimate of drug-likeness (QED) is 0.324. The predicted octanol–water partition coefficient (Wildman–Crippen LogP) is 6.19. The van der Waals surface area contributed by atoms with Crippen molar-refractivity contribution >= 4 is 64.7 Å². The molecule has 1 amide bonds. The fourth-order valence-corrected chi connectivity index (χ4v) is 5.37. The lowest BCUT2D eigenvalue weighted by atomic mass is 10.1. The summed E-state index contributed by atoms with van der Waals surface area (Å²) in [5.41, 5.74) is 3.30. The van der Waals surface area contributed by atoms with Crippen molar-refractivity contribution in [2.75, 3.05) is 15.9 Å². The minimum Gasteiger partial charge on any atom is -0.321 e. The third kappa shape index (κ3) is 5.20. The van der Waals surface area contributed by atoms with Crippen LogP contribution in [0.25, 0.3) is 10.1 Å². The molecule has 164 valence electrons. The lowest BCUT2D eigenvalue weighted by Gasteiger charge is -2.22. The van der Waals surface area contributed by atoms with E-state index in [1.807, 2.05) is 67.6 Å². The summed E-state index contributed by atoms with van der Waals surface area (Å²) in [4.78, 5) is 13.3. The summed E-state index contributed by atoms with van der Waals surface area (Å²) in [5, 5.41) is 3.71. The molecule has 0 aliphatic heterocycles. The molecule has 0 unspecified atom stereocenters. The number of amides is 1. The fraction of sp³-hybridized carbons (Fsp3) is 0.125. The molecule has 3 aromatic carbocycles. The lowest BCUT2D eigenvalue weighted by molar-refractivity contribution is 0.103. The van der Waals surface area contributed by atoms with E-state index in [4.69, 9.17) is 0 Å². The number of carbonyl (C=O) groups is 1. The van der Waals surface area contributed by atoms with Crippen LogP contribution in [-0.4, -0.2) is 20.6 Å². The molecular weight excluding hydrogens is 508 g/mol. The highest BCUT2D eigenvalue weighted by atomic mass is 79.9. The topological polar surface area (TPSA) is 66.5 Å². The summed E-state index contributed by atoms with van der Waals surface area (Å²) < 4.78 is 28.3. The Morgan fingerprint density at radius 3 is 2.34 bits per heavy atom. The number of nitrogens with one attached hydrogen (secondary N) is 1. The van der Waals surface area contributed by atoms with Gasteiger partial charge < -0.3 is 5.32 Å². The van der Waals surface area contributed by atoms with Crippen molar-refractivity contribution in [3.8, 4) is 0 Å². The molecule has 32 heavy (non-hydrogen) atoms. The molecule has 1 aromatic heterocycles. The van der Waals surface area contributed by atoms with Gasteiger partial charge in [0.05, 0.1) is 23.4 Å². The zero-order valence-corrected chi connectivity index (χ0v) is 20.7. The van der Waals surface area contributed by atoms with Gasteiger partial charge in [-0.05, 0) is 66.4 Å². The van der Waals surface area contributed by atoms with Crippen LogP contribution in [0, 0.1) is 6.92 Å². The molecule has 0 radical (unpaired) electrons. The fourth-order valence-electron chi connectivity index (χ4n) is 3.28. The smallest absolute Gasteiger partial charge is 0.265 e. The second kappa shape index (κ2) is 9.05. The van der Waals surface area contributed by atoms with Crippen LogP contribution in [0.2, 0.25) is 0 Å². The molecule has 0 saturated carbocycles. The second-order valence-electron chi connectivity index (χ2n) is 7.55. The van der Waals surface area contributed by atoms with E-state index in [1.165, 1.54) is 21.9 Å². The third-order valence-corrected chi connectivity index (χ3v) is 7.74. The standard InChI is InChI=1S/C24H21BrN2O3S2/c1-16-3-5-17(6-4-16)15-27(32(2,29)30)21-11-12-22-18(13-21)14-23(31-22)24(28)26-20-9-7-19(25)8-10-20/h3-14H,15H2,1-2H3,(H,26,28). The van der Waals surface area contributed by atoms with E-state index in [1.54, 1.807) is 12.1 Å². The monoisotopic (exact) mass is 528 g/mol. The number of rotatable bonds is 6. The van der Waals surface area contributed by atoms with Crippen LogP contribution in [0.3, 0.4) is 0 Å². The minimum absolute atomic E-state index is 0.199. The molecule has 0 atom stereocenters. The molecule has 4 aromatic rings. The van der Waals surface area contributed by atoms with Gasteiger partial charge in [0.2, 0.25) is 10.0 Å². The van der Waals surface area contributed by atoms with Crippen molar-refractivity contribution in [2.45, 2.75) is 13.5 Å². The Morgan fingerprint density at radius 1 is 1.00 bits per heavy atom. The number of nitrogens with zero attached hydrogens (tertiary/aromatic N) is 1. The molecule has 4 rings (SSSR count). The zero-order valence-electron chi connectivity index (χ0n) is 17.5. The van der Waals surface area contributed by atoms with Gasteiger partial charge in [-0.15, -0.1) is 11.3 Å². The van der Waals surface area contributed by atoms with Crippen molar-refractivity contribution in [3.05, 3.63) is 93.3 Å². The number of carbonyl (C=O) groups excluding carboxylic acids is 1. The van der Waals surface area contributed by atoms with Crippen molar-refractivity contribution in [2.24, 2.45) is 0 Å². The SMILES string of the molecule is Cc1ccc(CN(c2ccc3sc(C(=O)Nc4ccc(Br)cc4)cc3c2)S(C)(=O)=O)cc1. The number of fused-ring (bicyclic) bond motifs is 1. The van der Waals surface area contributed by atoms with Gasteiger partial charge in [-0.3, -0.25) is 9.10 Å². The molecule has 0 aliphatic rings. The lowest BCUT2D eigenvalue weighted by Crippen LogP contribution is -2.29. The van der Waals surface area contributed by atoms with Gasteiger partial charge in [-0.25, -0.2) is 8.42 Å². The first kappa shape index (κ1) is 22.5. The number of halogens is 1. The number of aryl methyl sites for hydroxylation is 1. The Balaban J connectivity index is 1.62. The molecule has 1 heterocycles. The highest BCUT2D eigenvalue weighted by molar-refractivity contribution is 9.10. The van der Waals surface area contributed by atoms with Crippen LogP contribution in [-0.2, 0) is 16.6 Å². The van der Waals surface area contributed by atoms with Gasteiger partial charge in [-0.2, -0.15) is 0 Å². The number of thiophene rings is 1. The maximum Gasteiger partial charge on any atom is 0.265 e. The Bertz CT molecular complexity index is 1380. The predicted molar refractivity (Wildman–Crippen MR) is 136 cm³/mol. The molecule has 0 fully saturated rings. The van der Waals surface area contributed by atoms with E-state index in [-0.39, 0.29) is 12.5 Å². The summed E-state index contributed by atoms with van der Waals surface area (Å²) in [5.74, 6) is -0.199. The van der Waals surface area contributed by atoms with Gasteiger partial charge in [0.1, 0.15) is 0 Å². The maximum absolute atomic E-state index is 12.7. The Morgan fingerprint density at radius 2 is 1.69 bits per heavy atom. The first-order valence-corrected chi connectivity index (χ1v) is 13.3. The molecule has 5 nitrogen and oxygen atoms in total. The van der Waals surface area contributed by atoms with E-state index in [0.717, 1.165) is 25.7 Å². The van der Waals surface area contributed by atoms with E-state index in [9.17, 15) is 13.2 Å². The molecule has 0 saturated heterocycles. The maximum atomic E-state index is 12.7. The van der Waals surface area contributed by atoms with Gasteiger partial charge >= 0.3 is 0 Å². The average molecular weight is 529 g/mol. The van der Waals surface area contributed by atoms with Crippen LogP contribution >= 0.6 is 27.3 Å². The van der Waals surface area contributed by atoms with Gasteiger partial charge in [0, 0.05) is 14.9 Å². The first-order chi connectivity index (χ1) is 15.2. The van der Waals surface area contributed by atoms with Crippen molar-refractivity contribution in [1.82, 2.24) is 0 Å². The van der Waals surface area contributed by atoms with Gasteiger partial charge in [0.15, 0.2) is 0 Å². The van der Waals surface area contributed by atoms with Gasteiger partial charge in [-0.1, -0.05) is 45.8 Å². The van der Waals surface area contributed by atoms with Crippen molar-refractivity contribution < 1.29 is 13.2 Å². The summed E-state index contributed by atoms with van der Waals surface area (Å²) in [6.45, 7) is 2.23. The summed E-state index contributed by atoms with van der Waals surface area (Å²) in [6.07, 6.45) is 1.20. The van der Waals surface area contributed by atoms with Crippen LogP contribution in [0.5, 0.6) is 0 Å². The second-order valence-corrected chi connectivity index (χ2v) is 11.5. The summed E-state index contributed by atoms with van der Waals surface area (Å²) >= 11 is 4.75. The molecule has 8 heteroatoms. The highest BCUT2D eigenvalue weighted by Gasteiger charge is 2.19. The molecule has 0 bridgehead atoms. The highest BCUT2D eigenvalue weighted by Crippen LogP contribution is 2.31. The molecule has 0 spiro atoms. The van der Waals surface area contributed by atoms with Crippen LogP contribution in [0.1, 0.15) is 20.8 Å². The van der Waals surface area contributed by atoms with E-state index < -0.39 is 10.0 Å². The van der Waals surface area contributed by atoms with Crippen molar-refractivity contribution in [1.29, 1.82) is 0 Å². The van der Waals surface area contributed by atoms with Crippen molar-refractivity contribution in [3.63, 3.8) is 0 Å². The Labute approximate surface area is 199 Å². The largest absolute Gasteiger partial charge is 0.321 e. The number of hydrogen-bond acceptors (Lipinski definition) is 4. The molecule has 0 aliphatic carbocycles. The third-order valence-electron chi connectivity index (χ3n) is 4.96. The average Bonchev–Trinajstić information content (AvgIpc) is 3.17.